The summed E-state index contributed by atoms with van der Waals surface area (Å²) in [5, 5.41) is 13.2. The van der Waals surface area contributed by atoms with Crippen LogP contribution in [0.3, 0.4) is 0 Å². The van der Waals surface area contributed by atoms with E-state index < -0.39 is 5.60 Å². The zero-order chi connectivity index (χ0) is 10.8. The monoisotopic (exact) mass is 201 g/mol. The Balaban J connectivity index is 2.32. The smallest absolute Gasteiger partial charge is 0.0741 e. The zero-order valence-electron chi connectivity index (χ0n) is 9.71. The molecule has 0 heterocycles. The molecule has 0 bridgehead atoms. The van der Waals surface area contributed by atoms with E-state index in [1.54, 1.807) is 7.11 Å². The highest BCUT2D eigenvalue weighted by Crippen LogP contribution is 2.23. The van der Waals surface area contributed by atoms with Gasteiger partial charge in [-0.25, -0.2) is 0 Å². The molecule has 0 aromatic rings. The molecule has 1 saturated carbocycles. The Morgan fingerprint density at radius 1 is 1.43 bits per heavy atom. The quantitative estimate of drug-likeness (QED) is 0.720. The van der Waals surface area contributed by atoms with Crippen molar-refractivity contribution in [3.05, 3.63) is 0 Å². The van der Waals surface area contributed by atoms with Crippen LogP contribution in [0.25, 0.3) is 0 Å². The molecular weight excluding hydrogens is 178 g/mol. The molecule has 3 atom stereocenters. The van der Waals surface area contributed by atoms with Gasteiger partial charge < -0.3 is 15.2 Å². The van der Waals surface area contributed by atoms with Gasteiger partial charge in [0.1, 0.15) is 0 Å². The van der Waals surface area contributed by atoms with Gasteiger partial charge in [-0.05, 0) is 40.0 Å². The summed E-state index contributed by atoms with van der Waals surface area (Å²) in [6.07, 6.45) is 3.75. The second-order valence-corrected chi connectivity index (χ2v) is 4.91. The van der Waals surface area contributed by atoms with E-state index in [1.165, 1.54) is 0 Å². The number of hydrogen-bond acceptors (Lipinski definition) is 3. The first-order valence-electron chi connectivity index (χ1n) is 5.44. The Morgan fingerprint density at radius 3 is 2.50 bits per heavy atom. The van der Waals surface area contributed by atoms with Gasteiger partial charge in [-0.2, -0.15) is 0 Å². The number of nitrogens with one attached hydrogen (secondary N) is 1. The van der Waals surface area contributed by atoms with E-state index in [4.69, 9.17) is 4.74 Å². The van der Waals surface area contributed by atoms with E-state index in [0.29, 0.717) is 12.1 Å². The summed E-state index contributed by atoms with van der Waals surface area (Å²) in [5.41, 5.74) is -0.648. The Hall–Kier alpha value is -0.120. The normalized spacial score (nSPS) is 30.6. The summed E-state index contributed by atoms with van der Waals surface area (Å²) in [5.74, 6) is 0. The molecule has 0 aromatic carbocycles. The zero-order valence-corrected chi connectivity index (χ0v) is 9.71. The van der Waals surface area contributed by atoms with Crippen LogP contribution in [0.4, 0.5) is 0 Å². The molecule has 84 valence electrons. The van der Waals surface area contributed by atoms with Crippen LogP contribution >= 0.6 is 0 Å². The Bertz CT molecular complexity index is 177. The maximum Gasteiger partial charge on any atom is 0.0741 e. The number of ether oxygens (including phenoxy) is 1. The molecule has 0 amide bonds. The molecule has 3 heteroatoms. The molecule has 1 aliphatic carbocycles. The van der Waals surface area contributed by atoms with Gasteiger partial charge in [0.05, 0.1) is 11.7 Å². The number of aliphatic hydroxyl groups is 1. The Morgan fingerprint density at radius 2 is 2.07 bits per heavy atom. The molecule has 1 aliphatic rings. The second kappa shape index (κ2) is 4.60. The third-order valence-electron chi connectivity index (χ3n) is 3.26. The summed E-state index contributed by atoms with van der Waals surface area (Å²) in [6, 6.07) is 0.629. The van der Waals surface area contributed by atoms with Gasteiger partial charge in [-0.3, -0.25) is 0 Å². The van der Waals surface area contributed by atoms with E-state index in [1.807, 2.05) is 20.8 Å². The van der Waals surface area contributed by atoms with Crippen molar-refractivity contribution in [1.82, 2.24) is 5.32 Å². The topological polar surface area (TPSA) is 41.5 Å². The fourth-order valence-electron chi connectivity index (χ4n) is 1.86. The third kappa shape index (κ3) is 3.23. The summed E-state index contributed by atoms with van der Waals surface area (Å²) >= 11 is 0. The van der Waals surface area contributed by atoms with Crippen molar-refractivity contribution in [3.8, 4) is 0 Å². The lowest BCUT2D eigenvalue weighted by Gasteiger charge is -2.29. The largest absolute Gasteiger partial charge is 0.389 e. The lowest BCUT2D eigenvalue weighted by atomic mass is 9.99. The van der Waals surface area contributed by atoms with Crippen LogP contribution < -0.4 is 5.32 Å². The predicted octanol–water partition coefficient (Wildman–Crippen LogP) is 1.30. The lowest BCUT2D eigenvalue weighted by molar-refractivity contribution is 0.0385. The van der Waals surface area contributed by atoms with Gasteiger partial charge >= 0.3 is 0 Å². The molecule has 2 N–H and O–H groups in total. The van der Waals surface area contributed by atoms with Crippen LogP contribution in [0.1, 0.15) is 40.0 Å². The van der Waals surface area contributed by atoms with Crippen molar-refractivity contribution in [2.45, 2.75) is 63.8 Å². The Labute approximate surface area is 86.8 Å². The van der Waals surface area contributed by atoms with Gasteiger partial charge in [0.15, 0.2) is 0 Å². The maximum atomic E-state index is 9.78. The predicted molar refractivity (Wildman–Crippen MR) is 57.3 cm³/mol. The summed E-state index contributed by atoms with van der Waals surface area (Å²) in [4.78, 5) is 0. The first-order valence-corrected chi connectivity index (χ1v) is 5.44. The van der Waals surface area contributed by atoms with Gasteiger partial charge in [0.25, 0.3) is 0 Å². The SMILES string of the molecule is COC1CCC(NC(C)C(C)(C)O)C1. The van der Waals surface area contributed by atoms with Crippen molar-refractivity contribution in [1.29, 1.82) is 0 Å². The van der Waals surface area contributed by atoms with E-state index >= 15 is 0 Å². The summed E-state index contributed by atoms with van der Waals surface area (Å²) in [7, 11) is 1.77. The van der Waals surface area contributed by atoms with Crippen molar-refractivity contribution in [3.63, 3.8) is 0 Å². The van der Waals surface area contributed by atoms with Crippen molar-refractivity contribution >= 4 is 0 Å². The fraction of sp³-hybridized carbons (Fsp3) is 1.00. The van der Waals surface area contributed by atoms with Crippen LogP contribution in [0.15, 0.2) is 0 Å². The average Bonchev–Trinajstić information content (AvgIpc) is 2.50. The van der Waals surface area contributed by atoms with Crippen LogP contribution in [-0.2, 0) is 4.74 Å². The minimum Gasteiger partial charge on any atom is -0.389 e. The fourth-order valence-corrected chi connectivity index (χ4v) is 1.86. The molecule has 3 unspecified atom stereocenters. The molecule has 0 aliphatic heterocycles. The van der Waals surface area contributed by atoms with Crippen LogP contribution in [0.5, 0.6) is 0 Å². The molecule has 3 nitrogen and oxygen atoms in total. The van der Waals surface area contributed by atoms with E-state index in [2.05, 4.69) is 5.32 Å². The number of rotatable bonds is 4. The highest BCUT2D eigenvalue weighted by molar-refractivity contribution is 4.87. The van der Waals surface area contributed by atoms with Crippen LogP contribution in [0.2, 0.25) is 0 Å². The molecular formula is C11H23NO2. The van der Waals surface area contributed by atoms with E-state index in [-0.39, 0.29) is 6.04 Å². The summed E-state index contributed by atoms with van der Waals surface area (Å²) in [6.45, 7) is 5.71. The molecule has 14 heavy (non-hydrogen) atoms. The lowest BCUT2D eigenvalue weighted by Crippen LogP contribution is -2.48. The van der Waals surface area contributed by atoms with Gasteiger partial charge in [-0.15, -0.1) is 0 Å². The molecule has 1 rings (SSSR count). The van der Waals surface area contributed by atoms with Crippen molar-refractivity contribution < 1.29 is 9.84 Å². The van der Waals surface area contributed by atoms with E-state index in [0.717, 1.165) is 19.3 Å². The molecule has 1 fully saturated rings. The van der Waals surface area contributed by atoms with Crippen molar-refractivity contribution in [2.75, 3.05) is 7.11 Å². The standard InChI is InChI=1S/C11H23NO2/c1-8(11(2,3)13)12-9-5-6-10(7-9)14-4/h8-10,12-13H,5-7H2,1-4H3. The molecule has 0 spiro atoms. The second-order valence-electron chi connectivity index (χ2n) is 4.91. The Kier molecular flexibility index (Phi) is 3.93. The molecule has 0 radical (unpaired) electrons. The minimum absolute atomic E-state index is 0.128. The molecule has 0 aromatic heterocycles. The first-order chi connectivity index (χ1) is 6.43. The van der Waals surface area contributed by atoms with Crippen LogP contribution in [0, 0.1) is 0 Å². The first kappa shape index (κ1) is 12.0. The maximum absolute atomic E-state index is 9.78. The number of methoxy groups -OCH3 is 1. The van der Waals surface area contributed by atoms with Crippen LogP contribution in [-0.4, -0.2) is 36.0 Å². The highest BCUT2D eigenvalue weighted by atomic mass is 16.5. The molecule has 0 saturated heterocycles. The third-order valence-corrected chi connectivity index (χ3v) is 3.26. The van der Waals surface area contributed by atoms with Crippen molar-refractivity contribution in [2.24, 2.45) is 0 Å². The minimum atomic E-state index is -0.648. The highest BCUT2D eigenvalue weighted by Gasteiger charge is 2.29. The van der Waals surface area contributed by atoms with Gasteiger partial charge in [0.2, 0.25) is 0 Å². The summed E-state index contributed by atoms with van der Waals surface area (Å²) < 4.78 is 5.31. The van der Waals surface area contributed by atoms with Gasteiger partial charge in [0, 0.05) is 19.2 Å². The van der Waals surface area contributed by atoms with E-state index in [9.17, 15) is 5.11 Å². The number of hydrogen-bond donors (Lipinski definition) is 2. The average molecular weight is 201 g/mol. The van der Waals surface area contributed by atoms with Gasteiger partial charge in [-0.1, -0.05) is 0 Å².